The monoisotopic (exact) mass is 296 g/mol. The first kappa shape index (κ1) is 14.6. The van der Waals surface area contributed by atoms with Crippen molar-refractivity contribution in [2.45, 2.75) is 39.2 Å². The molecule has 4 heteroatoms. The van der Waals surface area contributed by atoms with Crippen molar-refractivity contribution in [2.24, 2.45) is 0 Å². The number of benzene rings is 1. The zero-order valence-electron chi connectivity index (χ0n) is 12.7. The number of amides is 1. The van der Waals surface area contributed by atoms with Crippen LogP contribution in [0.25, 0.3) is 0 Å². The lowest BCUT2D eigenvalue weighted by atomic mass is 9.95. The Bertz CT molecular complexity index is 745. The average molecular weight is 296 g/mol. The Morgan fingerprint density at radius 2 is 1.91 bits per heavy atom. The smallest absolute Gasteiger partial charge is 0.261 e. The normalized spacial score (nSPS) is 13.5. The molecule has 0 unspecified atom stereocenters. The Morgan fingerprint density at radius 3 is 2.68 bits per heavy atom. The van der Waals surface area contributed by atoms with E-state index in [1.54, 1.807) is 6.07 Å². The topological polar surface area (TPSA) is 62.0 Å². The Labute approximate surface area is 129 Å². The fraction of sp³-hybridized carbons (Fsp3) is 0.333. The second-order valence-corrected chi connectivity index (χ2v) is 5.89. The molecule has 0 atom stereocenters. The fourth-order valence-electron chi connectivity index (χ4n) is 2.83. The summed E-state index contributed by atoms with van der Waals surface area (Å²) in [5, 5.41) is 2.82. The number of hydrogen-bond donors (Lipinski definition) is 2. The van der Waals surface area contributed by atoms with Crippen molar-refractivity contribution in [1.29, 1.82) is 0 Å². The largest absolute Gasteiger partial charge is 0.348 e. The molecule has 0 fully saturated rings. The molecule has 2 N–H and O–H groups in total. The summed E-state index contributed by atoms with van der Waals surface area (Å²) in [6.07, 6.45) is 4.05. The van der Waals surface area contributed by atoms with Gasteiger partial charge in [0.2, 0.25) is 0 Å². The Balaban J connectivity index is 1.74. The zero-order valence-corrected chi connectivity index (χ0v) is 12.7. The van der Waals surface area contributed by atoms with Gasteiger partial charge in [0.1, 0.15) is 5.56 Å². The second-order valence-electron chi connectivity index (χ2n) is 5.89. The van der Waals surface area contributed by atoms with Gasteiger partial charge in [-0.15, -0.1) is 0 Å². The van der Waals surface area contributed by atoms with E-state index in [1.165, 1.54) is 5.56 Å². The number of carbonyl (C=O) groups is 1. The van der Waals surface area contributed by atoms with Crippen LogP contribution in [0, 0.1) is 6.92 Å². The highest BCUT2D eigenvalue weighted by atomic mass is 16.2. The average Bonchev–Trinajstić information content (AvgIpc) is 2.53. The lowest BCUT2D eigenvalue weighted by Crippen LogP contribution is -2.30. The molecule has 1 amide bonds. The van der Waals surface area contributed by atoms with Gasteiger partial charge in [0.15, 0.2) is 0 Å². The van der Waals surface area contributed by atoms with Gasteiger partial charge in [-0.25, -0.2) is 0 Å². The number of nitrogens with one attached hydrogen (secondary N) is 2. The quantitative estimate of drug-likeness (QED) is 0.914. The summed E-state index contributed by atoms with van der Waals surface area (Å²) in [4.78, 5) is 27.2. The van der Waals surface area contributed by atoms with Crippen molar-refractivity contribution < 1.29 is 4.79 Å². The van der Waals surface area contributed by atoms with E-state index in [2.05, 4.69) is 10.3 Å². The van der Waals surface area contributed by atoms with E-state index >= 15 is 0 Å². The van der Waals surface area contributed by atoms with Gasteiger partial charge in [0, 0.05) is 12.2 Å². The van der Waals surface area contributed by atoms with Crippen LogP contribution in [0.3, 0.4) is 0 Å². The molecule has 114 valence electrons. The number of aromatic nitrogens is 1. The van der Waals surface area contributed by atoms with Gasteiger partial charge < -0.3 is 10.3 Å². The summed E-state index contributed by atoms with van der Waals surface area (Å²) >= 11 is 0. The molecule has 2 aromatic rings. The van der Waals surface area contributed by atoms with Crippen LogP contribution in [0.1, 0.15) is 45.6 Å². The number of aromatic amines is 1. The summed E-state index contributed by atoms with van der Waals surface area (Å²) < 4.78 is 0. The standard InChI is InChI=1S/C18H20N2O2/c1-12-6-8-13(9-7-12)11-19-17(21)15-10-14-4-2-3-5-16(14)20-18(15)22/h6-10H,2-5,11H2,1H3,(H,19,21)(H,20,22). The van der Waals surface area contributed by atoms with E-state index in [4.69, 9.17) is 0 Å². The maximum Gasteiger partial charge on any atom is 0.261 e. The molecule has 1 aliphatic rings. The highest BCUT2D eigenvalue weighted by molar-refractivity contribution is 5.94. The van der Waals surface area contributed by atoms with Crippen LogP contribution in [0.5, 0.6) is 0 Å². The highest BCUT2D eigenvalue weighted by Crippen LogP contribution is 2.18. The molecule has 0 spiro atoms. The highest BCUT2D eigenvalue weighted by Gasteiger charge is 2.16. The summed E-state index contributed by atoms with van der Waals surface area (Å²) in [6, 6.07) is 9.73. The molecule has 3 rings (SSSR count). The predicted octanol–water partition coefficient (Wildman–Crippen LogP) is 2.49. The third-order valence-corrected chi connectivity index (χ3v) is 4.16. The third kappa shape index (κ3) is 3.11. The van der Waals surface area contributed by atoms with Crippen LogP contribution in [0.2, 0.25) is 0 Å². The minimum atomic E-state index is -0.310. The van der Waals surface area contributed by atoms with Crippen LogP contribution in [-0.2, 0) is 19.4 Å². The predicted molar refractivity (Wildman–Crippen MR) is 86.1 cm³/mol. The molecule has 1 aliphatic carbocycles. The number of aryl methyl sites for hydroxylation is 3. The number of fused-ring (bicyclic) bond motifs is 1. The van der Waals surface area contributed by atoms with Crippen molar-refractivity contribution >= 4 is 5.91 Å². The molecule has 1 heterocycles. The van der Waals surface area contributed by atoms with Crippen molar-refractivity contribution in [3.63, 3.8) is 0 Å². The molecule has 0 aliphatic heterocycles. The molecular formula is C18H20N2O2. The summed E-state index contributed by atoms with van der Waals surface area (Å²) in [5.74, 6) is -0.310. The molecule has 0 saturated heterocycles. The van der Waals surface area contributed by atoms with Gasteiger partial charge in [-0.05, 0) is 49.8 Å². The van der Waals surface area contributed by atoms with E-state index in [0.717, 1.165) is 42.5 Å². The Morgan fingerprint density at radius 1 is 1.18 bits per heavy atom. The summed E-state index contributed by atoms with van der Waals surface area (Å²) in [7, 11) is 0. The molecule has 0 radical (unpaired) electrons. The maximum absolute atomic E-state index is 12.3. The summed E-state index contributed by atoms with van der Waals surface area (Å²) in [5.41, 5.74) is 4.22. The maximum atomic E-state index is 12.3. The SMILES string of the molecule is Cc1ccc(CNC(=O)c2cc3c([nH]c2=O)CCCC3)cc1. The zero-order chi connectivity index (χ0) is 15.5. The van der Waals surface area contributed by atoms with E-state index in [9.17, 15) is 9.59 Å². The number of hydrogen-bond acceptors (Lipinski definition) is 2. The van der Waals surface area contributed by atoms with Gasteiger partial charge in [-0.3, -0.25) is 9.59 Å². The number of pyridine rings is 1. The number of rotatable bonds is 3. The van der Waals surface area contributed by atoms with Crippen LogP contribution in [-0.4, -0.2) is 10.9 Å². The van der Waals surface area contributed by atoms with Crippen LogP contribution < -0.4 is 10.9 Å². The minimum Gasteiger partial charge on any atom is -0.348 e. The number of carbonyl (C=O) groups excluding carboxylic acids is 1. The first-order chi connectivity index (χ1) is 10.6. The fourth-order valence-corrected chi connectivity index (χ4v) is 2.83. The molecular weight excluding hydrogens is 276 g/mol. The van der Waals surface area contributed by atoms with E-state index in [0.29, 0.717) is 6.54 Å². The van der Waals surface area contributed by atoms with E-state index in [-0.39, 0.29) is 17.0 Å². The third-order valence-electron chi connectivity index (χ3n) is 4.16. The van der Waals surface area contributed by atoms with Crippen LogP contribution in [0.15, 0.2) is 35.1 Å². The Kier molecular flexibility index (Phi) is 4.09. The molecule has 0 saturated carbocycles. The van der Waals surface area contributed by atoms with Gasteiger partial charge in [0.05, 0.1) is 0 Å². The van der Waals surface area contributed by atoms with Crippen LogP contribution >= 0.6 is 0 Å². The first-order valence-corrected chi connectivity index (χ1v) is 7.72. The van der Waals surface area contributed by atoms with E-state index in [1.807, 2.05) is 31.2 Å². The van der Waals surface area contributed by atoms with Gasteiger partial charge in [-0.1, -0.05) is 29.8 Å². The molecule has 1 aromatic heterocycles. The van der Waals surface area contributed by atoms with Crippen molar-refractivity contribution in [3.8, 4) is 0 Å². The molecule has 4 nitrogen and oxygen atoms in total. The molecule has 1 aromatic carbocycles. The van der Waals surface area contributed by atoms with Crippen molar-refractivity contribution in [2.75, 3.05) is 0 Å². The van der Waals surface area contributed by atoms with E-state index < -0.39 is 0 Å². The second kappa shape index (κ2) is 6.18. The lowest BCUT2D eigenvalue weighted by molar-refractivity contribution is 0.0949. The lowest BCUT2D eigenvalue weighted by Gasteiger charge is -2.16. The summed E-state index contributed by atoms with van der Waals surface area (Å²) in [6.45, 7) is 2.45. The molecule has 0 bridgehead atoms. The van der Waals surface area contributed by atoms with Crippen molar-refractivity contribution in [3.05, 3.63) is 68.6 Å². The van der Waals surface area contributed by atoms with Crippen LogP contribution in [0.4, 0.5) is 0 Å². The van der Waals surface area contributed by atoms with Crippen molar-refractivity contribution in [1.82, 2.24) is 10.3 Å². The Hall–Kier alpha value is -2.36. The first-order valence-electron chi connectivity index (χ1n) is 7.72. The van der Waals surface area contributed by atoms with Gasteiger partial charge >= 0.3 is 0 Å². The molecule has 22 heavy (non-hydrogen) atoms. The van der Waals surface area contributed by atoms with Gasteiger partial charge in [0.25, 0.3) is 11.5 Å². The minimum absolute atomic E-state index is 0.216. The number of H-pyrrole nitrogens is 1. The van der Waals surface area contributed by atoms with Gasteiger partial charge in [-0.2, -0.15) is 0 Å².